The van der Waals surface area contributed by atoms with Crippen LogP contribution in [0.2, 0.25) is 0 Å². The molecule has 3 nitrogen and oxygen atoms in total. The zero-order chi connectivity index (χ0) is 9.84. The molecule has 74 valence electrons. The Morgan fingerprint density at radius 3 is 2.31 bits per heavy atom. The van der Waals surface area contributed by atoms with Gasteiger partial charge in [-0.2, -0.15) is 0 Å². The zero-order valence-corrected chi connectivity index (χ0v) is 8.58. The summed E-state index contributed by atoms with van der Waals surface area (Å²) in [4.78, 5) is 4.56. The number of piperazine rings is 1. The van der Waals surface area contributed by atoms with Gasteiger partial charge in [-0.1, -0.05) is 12.7 Å². The summed E-state index contributed by atoms with van der Waals surface area (Å²) < 4.78 is 0. The number of likely N-dealkylation sites (N-methyl/N-ethyl adjacent to an activating group) is 1. The van der Waals surface area contributed by atoms with Crippen molar-refractivity contribution in [3.8, 4) is 0 Å². The lowest BCUT2D eigenvalue weighted by atomic mass is 10.2. The Balaban J connectivity index is 2.50. The van der Waals surface area contributed by atoms with E-state index >= 15 is 0 Å². The molecule has 1 rings (SSSR count). The number of hydrogen-bond acceptors (Lipinski definition) is 3. The minimum atomic E-state index is 0.796. The Morgan fingerprint density at radius 2 is 1.85 bits per heavy atom. The second kappa shape index (κ2) is 4.33. The van der Waals surface area contributed by atoms with Crippen molar-refractivity contribution in [1.82, 2.24) is 9.80 Å². The molecule has 0 spiro atoms. The maximum atomic E-state index is 5.79. The van der Waals surface area contributed by atoms with Crippen molar-refractivity contribution in [3.05, 3.63) is 24.0 Å². The van der Waals surface area contributed by atoms with Crippen LogP contribution >= 0.6 is 0 Å². The highest BCUT2D eigenvalue weighted by Gasteiger charge is 2.15. The SMILES string of the molecule is C=C(/C(N)=C\C)N1CCN(C)CC1. The zero-order valence-electron chi connectivity index (χ0n) is 8.58. The van der Waals surface area contributed by atoms with E-state index in [1.807, 2.05) is 13.0 Å². The van der Waals surface area contributed by atoms with E-state index in [9.17, 15) is 0 Å². The number of nitrogens with two attached hydrogens (primary N) is 1. The molecule has 0 atom stereocenters. The average Bonchev–Trinajstić information content (AvgIpc) is 2.17. The van der Waals surface area contributed by atoms with Crippen molar-refractivity contribution >= 4 is 0 Å². The quantitative estimate of drug-likeness (QED) is 0.634. The third kappa shape index (κ3) is 2.49. The molecule has 1 fully saturated rings. The van der Waals surface area contributed by atoms with Gasteiger partial charge in [0.25, 0.3) is 0 Å². The highest BCUT2D eigenvalue weighted by Crippen LogP contribution is 2.11. The Bertz CT molecular complexity index is 212. The molecule has 0 amide bonds. The van der Waals surface area contributed by atoms with Gasteiger partial charge in [-0.15, -0.1) is 0 Å². The molecule has 1 aliphatic rings. The molecule has 2 N–H and O–H groups in total. The molecule has 13 heavy (non-hydrogen) atoms. The third-order valence-corrected chi connectivity index (χ3v) is 2.53. The van der Waals surface area contributed by atoms with Crippen LogP contribution in [0.3, 0.4) is 0 Å². The van der Waals surface area contributed by atoms with E-state index in [1.54, 1.807) is 0 Å². The van der Waals surface area contributed by atoms with E-state index in [0.29, 0.717) is 0 Å². The van der Waals surface area contributed by atoms with Crippen LogP contribution < -0.4 is 5.73 Å². The number of nitrogens with zero attached hydrogens (tertiary/aromatic N) is 2. The van der Waals surface area contributed by atoms with Crippen molar-refractivity contribution < 1.29 is 0 Å². The number of hydrogen-bond donors (Lipinski definition) is 1. The Kier molecular flexibility index (Phi) is 3.37. The fraction of sp³-hybridized carbons (Fsp3) is 0.600. The number of allylic oxidation sites excluding steroid dienone is 1. The van der Waals surface area contributed by atoms with E-state index in [-0.39, 0.29) is 0 Å². The highest BCUT2D eigenvalue weighted by atomic mass is 15.3. The molecular formula is C10H19N3. The van der Waals surface area contributed by atoms with Crippen molar-refractivity contribution in [2.75, 3.05) is 33.2 Å². The van der Waals surface area contributed by atoms with Crippen molar-refractivity contribution in [1.29, 1.82) is 0 Å². The van der Waals surface area contributed by atoms with Crippen LogP contribution in [0.1, 0.15) is 6.92 Å². The first-order valence-electron chi connectivity index (χ1n) is 4.69. The van der Waals surface area contributed by atoms with Gasteiger partial charge in [-0.25, -0.2) is 0 Å². The van der Waals surface area contributed by atoms with Gasteiger partial charge >= 0.3 is 0 Å². The largest absolute Gasteiger partial charge is 0.397 e. The topological polar surface area (TPSA) is 32.5 Å². The molecule has 0 aromatic rings. The van der Waals surface area contributed by atoms with Gasteiger partial charge in [0.2, 0.25) is 0 Å². The van der Waals surface area contributed by atoms with Gasteiger partial charge in [0.15, 0.2) is 0 Å². The van der Waals surface area contributed by atoms with Crippen molar-refractivity contribution in [2.24, 2.45) is 5.73 Å². The maximum absolute atomic E-state index is 5.79. The lowest BCUT2D eigenvalue weighted by Crippen LogP contribution is -2.44. The number of rotatable bonds is 2. The summed E-state index contributed by atoms with van der Waals surface area (Å²) in [6.45, 7) is 10.2. The minimum Gasteiger partial charge on any atom is -0.397 e. The van der Waals surface area contributed by atoms with E-state index in [2.05, 4.69) is 23.4 Å². The molecule has 0 unspecified atom stereocenters. The van der Waals surface area contributed by atoms with Crippen LogP contribution in [0.25, 0.3) is 0 Å². The second-order valence-corrected chi connectivity index (χ2v) is 3.48. The van der Waals surface area contributed by atoms with Crippen molar-refractivity contribution in [2.45, 2.75) is 6.92 Å². The lowest BCUT2D eigenvalue weighted by Gasteiger charge is -2.35. The minimum absolute atomic E-state index is 0.796. The Labute approximate surface area is 80.5 Å². The average molecular weight is 181 g/mol. The molecular weight excluding hydrogens is 162 g/mol. The monoisotopic (exact) mass is 181 g/mol. The smallest absolute Gasteiger partial charge is 0.0524 e. The van der Waals surface area contributed by atoms with Crippen LogP contribution in [-0.2, 0) is 0 Å². The van der Waals surface area contributed by atoms with E-state index < -0.39 is 0 Å². The normalized spacial score (nSPS) is 20.5. The Hall–Kier alpha value is -0.960. The summed E-state index contributed by atoms with van der Waals surface area (Å²) in [5, 5.41) is 0. The summed E-state index contributed by atoms with van der Waals surface area (Å²) in [6, 6.07) is 0. The molecule has 0 bridgehead atoms. The molecule has 0 radical (unpaired) electrons. The lowest BCUT2D eigenvalue weighted by molar-refractivity contribution is 0.189. The van der Waals surface area contributed by atoms with Gasteiger partial charge in [-0.3, -0.25) is 0 Å². The first-order valence-corrected chi connectivity index (χ1v) is 4.69. The second-order valence-electron chi connectivity index (χ2n) is 3.48. The van der Waals surface area contributed by atoms with Gasteiger partial charge in [-0.05, 0) is 14.0 Å². The summed E-state index contributed by atoms with van der Waals surface area (Å²) in [7, 11) is 2.14. The summed E-state index contributed by atoms with van der Waals surface area (Å²) in [5.74, 6) is 0. The van der Waals surface area contributed by atoms with Gasteiger partial charge in [0, 0.05) is 26.2 Å². The predicted molar refractivity (Wildman–Crippen MR) is 56.2 cm³/mol. The van der Waals surface area contributed by atoms with Crippen LogP contribution in [0.15, 0.2) is 24.0 Å². The molecule has 1 aliphatic heterocycles. The molecule has 0 aliphatic carbocycles. The van der Waals surface area contributed by atoms with E-state index in [4.69, 9.17) is 5.73 Å². The third-order valence-electron chi connectivity index (χ3n) is 2.53. The molecule has 1 saturated heterocycles. The van der Waals surface area contributed by atoms with Crippen LogP contribution in [-0.4, -0.2) is 43.0 Å². The summed E-state index contributed by atoms with van der Waals surface area (Å²) in [6.07, 6.45) is 1.90. The predicted octanol–water partition coefficient (Wildman–Crippen LogP) is 0.610. The molecule has 3 heteroatoms. The van der Waals surface area contributed by atoms with Gasteiger partial charge < -0.3 is 15.5 Å². The standard InChI is InChI=1S/C10H19N3/c1-4-10(11)9(2)13-7-5-12(3)6-8-13/h4H,2,5-8,11H2,1,3H3/b10-4+. The fourth-order valence-electron chi connectivity index (χ4n) is 1.43. The van der Waals surface area contributed by atoms with Gasteiger partial charge in [0.05, 0.1) is 11.4 Å². The van der Waals surface area contributed by atoms with E-state index in [1.165, 1.54) is 0 Å². The Morgan fingerprint density at radius 1 is 1.31 bits per heavy atom. The molecule has 0 aromatic heterocycles. The van der Waals surface area contributed by atoms with Crippen LogP contribution in [0.4, 0.5) is 0 Å². The fourth-order valence-corrected chi connectivity index (χ4v) is 1.43. The molecule has 1 heterocycles. The summed E-state index contributed by atoms with van der Waals surface area (Å²) in [5.41, 5.74) is 7.55. The van der Waals surface area contributed by atoms with E-state index in [0.717, 1.165) is 37.6 Å². The van der Waals surface area contributed by atoms with Crippen LogP contribution in [0, 0.1) is 0 Å². The van der Waals surface area contributed by atoms with Crippen LogP contribution in [0.5, 0.6) is 0 Å². The molecule has 0 aromatic carbocycles. The first kappa shape index (κ1) is 10.1. The van der Waals surface area contributed by atoms with Gasteiger partial charge in [0.1, 0.15) is 0 Å². The maximum Gasteiger partial charge on any atom is 0.0524 e. The summed E-state index contributed by atoms with van der Waals surface area (Å²) >= 11 is 0. The molecule has 0 saturated carbocycles. The highest BCUT2D eigenvalue weighted by molar-refractivity contribution is 5.23. The first-order chi connectivity index (χ1) is 6.15. The van der Waals surface area contributed by atoms with Crippen molar-refractivity contribution in [3.63, 3.8) is 0 Å².